The van der Waals surface area contributed by atoms with E-state index in [2.05, 4.69) is 36.5 Å². The molecule has 1 fully saturated rings. The van der Waals surface area contributed by atoms with E-state index in [0.29, 0.717) is 12.0 Å². The smallest absolute Gasteiger partial charge is 0.0584 e. The molecule has 0 radical (unpaired) electrons. The Morgan fingerprint density at radius 3 is 3.00 bits per heavy atom. The van der Waals surface area contributed by atoms with Crippen LogP contribution in [0.1, 0.15) is 17.5 Å². The Hall–Kier alpha value is -0.860. The van der Waals surface area contributed by atoms with E-state index in [9.17, 15) is 0 Å². The first-order valence-corrected chi connectivity index (χ1v) is 5.67. The molecule has 1 aliphatic rings. The maximum atomic E-state index is 9.03. The fourth-order valence-corrected chi connectivity index (χ4v) is 2.37. The predicted octanol–water partition coefficient (Wildman–Crippen LogP) is 1.51. The van der Waals surface area contributed by atoms with Gasteiger partial charge >= 0.3 is 0 Å². The second-order valence-electron chi connectivity index (χ2n) is 4.58. The van der Waals surface area contributed by atoms with E-state index in [1.165, 1.54) is 11.1 Å². The average Bonchev–Trinajstić information content (AvgIpc) is 2.65. The first-order chi connectivity index (χ1) is 7.28. The summed E-state index contributed by atoms with van der Waals surface area (Å²) < 4.78 is 0. The lowest BCUT2D eigenvalue weighted by Gasteiger charge is -2.09. The maximum absolute atomic E-state index is 9.03. The molecule has 2 nitrogen and oxygen atoms in total. The molecule has 2 rings (SSSR count). The van der Waals surface area contributed by atoms with Crippen molar-refractivity contribution >= 4 is 0 Å². The average molecular weight is 205 g/mol. The molecule has 1 aliphatic heterocycles. The van der Waals surface area contributed by atoms with E-state index in [0.717, 1.165) is 19.4 Å². The van der Waals surface area contributed by atoms with Crippen molar-refractivity contribution in [1.82, 2.24) is 5.32 Å². The van der Waals surface area contributed by atoms with Crippen molar-refractivity contribution in [2.75, 3.05) is 13.2 Å². The molecule has 2 atom stereocenters. The minimum atomic E-state index is 0.268. The van der Waals surface area contributed by atoms with Crippen LogP contribution in [0, 0.1) is 12.8 Å². The number of benzene rings is 1. The number of hydrogen-bond donors (Lipinski definition) is 2. The molecule has 82 valence electrons. The highest BCUT2D eigenvalue weighted by Crippen LogP contribution is 2.19. The van der Waals surface area contributed by atoms with Gasteiger partial charge in [0.1, 0.15) is 0 Å². The van der Waals surface area contributed by atoms with Gasteiger partial charge in [-0.3, -0.25) is 0 Å². The molecule has 0 aromatic heterocycles. The monoisotopic (exact) mass is 205 g/mol. The number of rotatable bonds is 3. The summed E-state index contributed by atoms with van der Waals surface area (Å²) in [7, 11) is 0. The molecule has 0 aliphatic carbocycles. The molecule has 2 heteroatoms. The second kappa shape index (κ2) is 4.77. The fraction of sp³-hybridized carbons (Fsp3) is 0.538. The Balaban J connectivity index is 1.92. The molecule has 1 aromatic rings. The molecule has 1 aromatic carbocycles. The Morgan fingerprint density at radius 1 is 1.47 bits per heavy atom. The summed E-state index contributed by atoms with van der Waals surface area (Å²) in [4.78, 5) is 0. The second-order valence-corrected chi connectivity index (χ2v) is 4.58. The quantitative estimate of drug-likeness (QED) is 0.784. The number of hydrogen-bond acceptors (Lipinski definition) is 2. The number of aliphatic hydroxyl groups excluding tert-OH is 1. The zero-order valence-corrected chi connectivity index (χ0v) is 9.24. The van der Waals surface area contributed by atoms with Crippen molar-refractivity contribution in [2.24, 2.45) is 5.92 Å². The first kappa shape index (κ1) is 10.7. The highest BCUT2D eigenvalue weighted by molar-refractivity contribution is 5.22. The van der Waals surface area contributed by atoms with Crippen molar-refractivity contribution in [1.29, 1.82) is 0 Å². The molecular weight excluding hydrogens is 186 g/mol. The van der Waals surface area contributed by atoms with Gasteiger partial charge in [0.15, 0.2) is 0 Å². The van der Waals surface area contributed by atoms with E-state index >= 15 is 0 Å². The largest absolute Gasteiger partial charge is 0.395 e. The molecule has 2 unspecified atom stereocenters. The third-order valence-electron chi connectivity index (χ3n) is 3.14. The fourth-order valence-electron chi connectivity index (χ4n) is 2.37. The topological polar surface area (TPSA) is 32.3 Å². The van der Waals surface area contributed by atoms with Crippen LogP contribution in [-0.4, -0.2) is 24.3 Å². The molecule has 0 spiro atoms. The number of nitrogens with one attached hydrogen (secondary N) is 1. The van der Waals surface area contributed by atoms with Gasteiger partial charge in [0.2, 0.25) is 0 Å². The van der Waals surface area contributed by atoms with Crippen molar-refractivity contribution in [2.45, 2.75) is 25.8 Å². The lowest BCUT2D eigenvalue weighted by atomic mass is 9.96. The van der Waals surface area contributed by atoms with E-state index in [1.807, 2.05) is 0 Å². The summed E-state index contributed by atoms with van der Waals surface area (Å²) in [5, 5.41) is 12.4. The lowest BCUT2D eigenvalue weighted by molar-refractivity contribution is 0.253. The van der Waals surface area contributed by atoms with Gasteiger partial charge < -0.3 is 10.4 Å². The van der Waals surface area contributed by atoms with Crippen LogP contribution < -0.4 is 5.32 Å². The molecule has 0 bridgehead atoms. The van der Waals surface area contributed by atoms with Gasteiger partial charge in [-0.05, 0) is 37.8 Å². The SMILES string of the molecule is Cc1cccc(CC2CNC(CO)C2)c1. The van der Waals surface area contributed by atoms with Gasteiger partial charge in [-0.15, -0.1) is 0 Å². The third-order valence-corrected chi connectivity index (χ3v) is 3.14. The minimum Gasteiger partial charge on any atom is -0.395 e. The van der Waals surface area contributed by atoms with Crippen molar-refractivity contribution in [3.8, 4) is 0 Å². The van der Waals surface area contributed by atoms with E-state index < -0.39 is 0 Å². The van der Waals surface area contributed by atoms with Crippen LogP contribution in [-0.2, 0) is 6.42 Å². The molecular formula is C13H19NO. The summed E-state index contributed by atoms with van der Waals surface area (Å²) in [5.74, 6) is 0.684. The molecule has 1 saturated heterocycles. The van der Waals surface area contributed by atoms with E-state index in [1.54, 1.807) is 0 Å². The van der Waals surface area contributed by atoms with Crippen molar-refractivity contribution < 1.29 is 5.11 Å². The molecule has 2 N–H and O–H groups in total. The standard InChI is InChI=1S/C13H19NO/c1-10-3-2-4-11(5-10)6-12-7-13(9-15)14-8-12/h2-5,12-15H,6-9H2,1H3. The first-order valence-electron chi connectivity index (χ1n) is 5.67. The predicted molar refractivity (Wildman–Crippen MR) is 61.9 cm³/mol. The van der Waals surface area contributed by atoms with Crippen LogP contribution in [0.25, 0.3) is 0 Å². The zero-order chi connectivity index (χ0) is 10.7. The van der Waals surface area contributed by atoms with Crippen LogP contribution in [0.15, 0.2) is 24.3 Å². The van der Waals surface area contributed by atoms with Gasteiger partial charge in [-0.25, -0.2) is 0 Å². The summed E-state index contributed by atoms with van der Waals surface area (Å²) in [6, 6.07) is 9.02. The summed E-state index contributed by atoms with van der Waals surface area (Å²) in [5.41, 5.74) is 2.75. The van der Waals surface area contributed by atoms with Crippen LogP contribution in [0.3, 0.4) is 0 Å². The van der Waals surface area contributed by atoms with E-state index in [-0.39, 0.29) is 6.61 Å². The van der Waals surface area contributed by atoms with Crippen LogP contribution in [0.5, 0.6) is 0 Å². The maximum Gasteiger partial charge on any atom is 0.0584 e. The zero-order valence-electron chi connectivity index (χ0n) is 9.24. The van der Waals surface area contributed by atoms with E-state index in [4.69, 9.17) is 5.11 Å². The Labute approximate surface area is 91.3 Å². The van der Waals surface area contributed by atoms with Gasteiger partial charge in [0, 0.05) is 6.04 Å². The lowest BCUT2D eigenvalue weighted by Crippen LogP contribution is -2.24. The number of aliphatic hydroxyl groups is 1. The normalized spacial score (nSPS) is 25.7. The summed E-state index contributed by atoms with van der Waals surface area (Å²) >= 11 is 0. The van der Waals surface area contributed by atoms with Crippen molar-refractivity contribution in [3.05, 3.63) is 35.4 Å². The number of aryl methyl sites for hydroxylation is 1. The third kappa shape index (κ3) is 2.80. The molecule has 15 heavy (non-hydrogen) atoms. The van der Waals surface area contributed by atoms with Gasteiger partial charge in [0.05, 0.1) is 6.61 Å². The highest BCUT2D eigenvalue weighted by atomic mass is 16.3. The Morgan fingerprint density at radius 2 is 2.33 bits per heavy atom. The minimum absolute atomic E-state index is 0.268. The van der Waals surface area contributed by atoms with Crippen molar-refractivity contribution in [3.63, 3.8) is 0 Å². The van der Waals surface area contributed by atoms with Crippen LogP contribution in [0.2, 0.25) is 0 Å². The molecule has 1 heterocycles. The molecule has 0 amide bonds. The van der Waals surface area contributed by atoms with Gasteiger partial charge in [-0.1, -0.05) is 29.8 Å². The summed E-state index contributed by atoms with van der Waals surface area (Å²) in [6.45, 7) is 3.44. The van der Waals surface area contributed by atoms with Gasteiger partial charge in [-0.2, -0.15) is 0 Å². The summed E-state index contributed by atoms with van der Waals surface area (Å²) in [6.07, 6.45) is 2.23. The Bertz CT molecular complexity index is 324. The van der Waals surface area contributed by atoms with Crippen LogP contribution >= 0.6 is 0 Å². The molecule has 0 saturated carbocycles. The highest BCUT2D eigenvalue weighted by Gasteiger charge is 2.23. The Kier molecular flexibility index (Phi) is 3.39. The van der Waals surface area contributed by atoms with Crippen LogP contribution in [0.4, 0.5) is 0 Å². The van der Waals surface area contributed by atoms with Gasteiger partial charge in [0.25, 0.3) is 0 Å².